The number of hydrogen-bond donors (Lipinski definition) is 2. The molecule has 122 valence electrons. The highest BCUT2D eigenvalue weighted by atomic mass is 16.5. The molecule has 0 radical (unpaired) electrons. The van der Waals surface area contributed by atoms with Gasteiger partial charge in [-0.15, -0.1) is 0 Å². The van der Waals surface area contributed by atoms with Gasteiger partial charge in [-0.1, -0.05) is 42.5 Å². The van der Waals surface area contributed by atoms with E-state index in [2.05, 4.69) is 58.9 Å². The lowest BCUT2D eigenvalue weighted by Gasteiger charge is -2.13. The van der Waals surface area contributed by atoms with E-state index in [1.807, 2.05) is 12.1 Å². The molecule has 0 saturated heterocycles. The van der Waals surface area contributed by atoms with Crippen molar-refractivity contribution in [3.63, 3.8) is 0 Å². The van der Waals surface area contributed by atoms with Crippen molar-refractivity contribution in [2.75, 3.05) is 20.7 Å². The molecule has 0 unspecified atom stereocenters. The first kappa shape index (κ1) is 16.9. The van der Waals surface area contributed by atoms with Crippen molar-refractivity contribution in [2.45, 2.75) is 19.9 Å². The molecule has 0 bridgehead atoms. The van der Waals surface area contributed by atoms with Gasteiger partial charge in [0, 0.05) is 20.1 Å². The van der Waals surface area contributed by atoms with Crippen LogP contribution in [0.25, 0.3) is 0 Å². The van der Waals surface area contributed by atoms with E-state index in [-0.39, 0.29) is 0 Å². The van der Waals surface area contributed by atoms with Crippen LogP contribution >= 0.6 is 0 Å². The molecule has 0 spiro atoms. The van der Waals surface area contributed by atoms with E-state index in [1.165, 1.54) is 11.1 Å². The molecule has 4 nitrogen and oxygen atoms in total. The maximum Gasteiger partial charge on any atom is 0.191 e. The molecule has 0 saturated carbocycles. The standard InChI is InChI=1S/C19H25N3O/c1-15-13-17(9-10-18(15)23-3)14-22-19(20-2)21-12-11-16-7-5-4-6-8-16/h4-10,13H,11-12,14H2,1-3H3,(H2,20,21,22). The summed E-state index contributed by atoms with van der Waals surface area (Å²) in [5.74, 6) is 1.73. The molecule has 0 aliphatic heterocycles. The lowest BCUT2D eigenvalue weighted by molar-refractivity contribution is 0.411. The summed E-state index contributed by atoms with van der Waals surface area (Å²) >= 11 is 0. The molecule has 0 aromatic heterocycles. The van der Waals surface area contributed by atoms with Gasteiger partial charge in [-0.2, -0.15) is 0 Å². The number of nitrogens with one attached hydrogen (secondary N) is 2. The van der Waals surface area contributed by atoms with Crippen LogP contribution in [0.1, 0.15) is 16.7 Å². The Morgan fingerprint density at radius 2 is 1.83 bits per heavy atom. The van der Waals surface area contributed by atoms with Gasteiger partial charge in [0.1, 0.15) is 5.75 Å². The summed E-state index contributed by atoms with van der Waals surface area (Å²) in [5.41, 5.74) is 3.66. The van der Waals surface area contributed by atoms with Crippen molar-refractivity contribution in [3.8, 4) is 5.75 Å². The van der Waals surface area contributed by atoms with Crippen molar-refractivity contribution < 1.29 is 4.74 Å². The first-order valence-electron chi connectivity index (χ1n) is 7.85. The molecule has 4 heteroatoms. The average Bonchev–Trinajstić information content (AvgIpc) is 2.59. The van der Waals surface area contributed by atoms with Gasteiger partial charge in [0.05, 0.1) is 7.11 Å². The van der Waals surface area contributed by atoms with E-state index in [0.29, 0.717) is 0 Å². The van der Waals surface area contributed by atoms with Crippen molar-refractivity contribution >= 4 is 5.96 Å². The molecule has 0 fully saturated rings. The number of hydrogen-bond acceptors (Lipinski definition) is 2. The van der Waals surface area contributed by atoms with E-state index in [9.17, 15) is 0 Å². The number of guanidine groups is 1. The molecule has 23 heavy (non-hydrogen) atoms. The quantitative estimate of drug-likeness (QED) is 0.637. The molecule has 2 rings (SSSR count). The van der Waals surface area contributed by atoms with Crippen LogP contribution < -0.4 is 15.4 Å². The number of benzene rings is 2. The highest BCUT2D eigenvalue weighted by Gasteiger charge is 2.02. The number of rotatable bonds is 6. The fourth-order valence-corrected chi connectivity index (χ4v) is 2.43. The first-order valence-corrected chi connectivity index (χ1v) is 7.85. The molecular formula is C19H25N3O. The van der Waals surface area contributed by atoms with Crippen LogP contribution in [-0.4, -0.2) is 26.7 Å². The Morgan fingerprint density at radius 3 is 2.48 bits per heavy atom. The largest absolute Gasteiger partial charge is 0.496 e. The third-order valence-corrected chi connectivity index (χ3v) is 3.69. The lowest BCUT2D eigenvalue weighted by atomic mass is 10.1. The Balaban J connectivity index is 1.80. The third kappa shape index (κ3) is 5.33. The summed E-state index contributed by atoms with van der Waals surface area (Å²) < 4.78 is 5.29. The second-order valence-corrected chi connectivity index (χ2v) is 5.39. The zero-order valence-corrected chi connectivity index (χ0v) is 14.1. The van der Waals surface area contributed by atoms with Crippen LogP contribution in [0.4, 0.5) is 0 Å². The van der Waals surface area contributed by atoms with Crippen molar-refractivity contribution in [1.82, 2.24) is 10.6 Å². The highest BCUT2D eigenvalue weighted by Crippen LogP contribution is 2.18. The molecule has 2 N–H and O–H groups in total. The number of methoxy groups -OCH3 is 1. The molecule has 2 aromatic carbocycles. The highest BCUT2D eigenvalue weighted by molar-refractivity contribution is 5.79. The zero-order valence-electron chi connectivity index (χ0n) is 14.1. The van der Waals surface area contributed by atoms with Crippen LogP contribution in [0.3, 0.4) is 0 Å². The van der Waals surface area contributed by atoms with Gasteiger partial charge in [0.15, 0.2) is 5.96 Å². The molecule has 0 aliphatic rings. The summed E-state index contributed by atoms with van der Waals surface area (Å²) in [5, 5.41) is 6.67. The molecular weight excluding hydrogens is 286 g/mol. The fourth-order valence-electron chi connectivity index (χ4n) is 2.43. The second-order valence-electron chi connectivity index (χ2n) is 5.39. The summed E-state index contributed by atoms with van der Waals surface area (Å²) in [6.45, 7) is 3.64. The van der Waals surface area contributed by atoms with Crippen LogP contribution in [0.5, 0.6) is 5.75 Å². The van der Waals surface area contributed by atoms with Gasteiger partial charge in [-0.05, 0) is 36.1 Å². The summed E-state index contributed by atoms with van der Waals surface area (Å²) in [6.07, 6.45) is 0.975. The van der Waals surface area contributed by atoms with Gasteiger partial charge >= 0.3 is 0 Å². The fraction of sp³-hybridized carbons (Fsp3) is 0.316. The normalized spacial score (nSPS) is 11.2. The first-order chi connectivity index (χ1) is 11.2. The van der Waals surface area contributed by atoms with Gasteiger partial charge in [0.25, 0.3) is 0 Å². The Kier molecular flexibility index (Phi) is 6.48. The average molecular weight is 311 g/mol. The number of aliphatic imine (C=N–C) groups is 1. The molecule has 0 atom stereocenters. The Bertz CT molecular complexity index is 638. The van der Waals surface area contributed by atoms with E-state index in [1.54, 1.807) is 14.2 Å². The van der Waals surface area contributed by atoms with Crippen LogP contribution in [0, 0.1) is 6.92 Å². The zero-order chi connectivity index (χ0) is 16.5. The van der Waals surface area contributed by atoms with Gasteiger partial charge in [0.2, 0.25) is 0 Å². The predicted molar refractivity (Wildman–Crippen MR) is 96.1 cm³/mol. The minimum Gasteiger partial charge on any atom is -0.496 e. The Hall–Kier alpha value is -2.49. The lowest BCUT2D eigenvalue weighted by Crippen LogP contribution is -2.37. The van der Waals surface area contributed by atoms with Crippen LogP contribution in [0.2, 0.25) is 0 Å². The van der Waals surface area contributed by atoms with Crippen molar-refractivity contribution in [3.05, 3.63) is 65.2 Å². The maximum absolute atomic E-state index is 5.29. The Labute approximate surface area is 138 Å². The van der Waals surface area contributed by atoms with E-state index in [4.69, 9.17) is 4.74 Å². The smallest absolute Gasteiger partial charge is 0.191 e. The van der Waals surface area contributed by atoms with Crippen molar-refractivity contribution in [1.29, 1.82) is 0 Å². The molecule has 0 aliphatic carbocycles. The summed E-state index contributed by atoms with van der Waals surface area (Å²) in [4.78, 5) is 4.26. The summed E-state index contributed by atoms with van der Waals surface area (Å²) in [7, 11) is 3.48. The predicted octanol–water partition coefficient (Wildman–Crippen LogP) is 2.91. The molecule has 2 aromatic rings. The minimum atomic E-state index is 0.732. The van der Waals surface area contributed by atoms with E-state index < -0.39 is 0 Å². The number of aryl methyl sites for hydroxylation is 1. The van der Waals surface area contributed by atoms with Gasteiger partial charge < -0.3 is 15.4 Å². The SMILES string of the molecule is CN=C(NCCc1ccccc1)NCc1ccc(OC)c(C)c1. The topological polar surface area (TPSA) is 45.7 Å². The van der Waals surface area contributed by atoms with Crippen molar-refractivity contribution in [2.24, 2.45) is 4.99 Å². The number of nitrogens with zero attached hydrogens (tertiary/aromatic N) is 1. The Morgan fingerprint density at radius 1 is 1.04 bits per heavy atom. The molecule has 0 heterocycles. The third-order valence-electron chi connectivity index (χ3n) is 3.69. The molecule has 0 amide bonds. The monoisotopic (exact) mass is 311 g/mol. The summed E-state index contributed by atoms with van der Waals surface area (Å²) in [6, 6.07) is 16.6. The van der Waals surface area contributed by atoms with E-state index >= 15 is 0 Å². The van der Waals surface area contributed by atoms with Crippen LogP contribution in [0.15, 0.2) is 53.5 Å². The van der Waals surface area contributed by atoms with E-state index in [0.717, 1.165) is 36.8 Å². The minimum absolute atomic E-state index is 0.732. The van der Waals surface area contributed by atoms with Crippen LogP contribution in [-0.2, 0) is 13.0 Å². The van der Waals surface area contributed by atoms with Gasteiger partial charge in [-0.3, -0.25) is 4.99 Å². The second kappa shape index (κ2) is 8.83. The van der Waals surface area contributed by atoms with Gasteiger partial charge in [-0.25, -0.2) is 0 Å². The maximum atomic E-state index is 5.29. The number of ether oxygens (including phenoxy) is 1.